The number of hydrogen-bond acceptors (Lipinski definition) is 2. The van der Waals surface area contributed by atoms with Crippen molar-refractivity contribution in [2.24, 2.45) is 0 Å². The molecule has 2 aromatic rings. The van der Waals surface area contributed by atoms with Gasteiger partial charge < -0.3 is 5.32 Å². The molecule has 0 spiro atoms. The summed E-state index contributed by atoms with van der Waals surface area (Å²) in [5.74, 6) is 0. The Morgan fingerprint density at radius 2 is 1.44 bits per heavy atom. The first-order chi connectivity index (χ1) is 11.1. The Bertz CT molecular complexity index is 644. The smallest absolute Gasteiger partial charge is 0.314 e. The molecule has 0 aromatic heterocycles. The van der Waals surface area contributed by atoms with E-state index in [1.165, 1.54) is 4.90 Å². The van der Waals surface area contributed by atoms with Gasteiger partial charge in [0.25, 0.3) is 0 Å². The van der Waals surface area contributed by atoms with Crippen molar-refractivity contribution in [2.45, 2.75) is 12.2 Å². The number of benzene rings is 2. The van der Waals surface area contributed by atoms with Crippen LogP contribution in [0.2, 0.25) is 0 Å². The van der Waals surface area contributed by atoms with E-state index in [1.54, 1.807) is 18.2 Å². The van der Waals surface area contributed by atoms with Crippen molar-refractivity contribution in [1.82, 2.24) is 10.2 Å². The second-order valence-electron chi connectivity index (χ2n) is 5.72. The molecule has 0 bridgehead atoms. The summed E-state index contributed by atoms with van der Waals surface area (Å²) in [5.41, 5.74) is 2.05. The SMILES string of the molecule is Cl.Cl.FC(F)(F)[C@H](c1cccc(-c2ccccc2)c1)N1CCNCC1. The quantitative estimate of drug-likeness (QED) is 0.813. The van der Waals surface area contributed by atoms with Gasteiger partial charge in [-0.1, -0.05) is 48.5 Å². The first-order valence-electron chi connectivity index (χ1n) is 7.72. The molecule has 1 atom stereocenters. The van der Waals surface area contributed by atoms with E-state index >= 15 is 0 Å². The van der Waals surface area contributed by atoms with Crippen LogP contribution < -0.4 is 5.32 Å². The van der Waals surface area contributed by atoms with Gasteiger partial charge in [-0.2, -0.15) is 13.2 Å². The van der Waals surface area contributed by atoms with Crippen LogP contribution >= 0.6 is 24.8 Å². The van der Waals surface area contributed by atoms with Gasteiger partial charge in [-0.05, 0) is 22.8 Å². The lowest BCUT2D eigenvalue weighted by Gasteiger charge is -2.36. The first-order valence-corrected chi connectivity index (χ1v) is 7.72. The molecule has 0 unspecified atom stereocenters. The standard InChI is InChI=1S/C18H19F3N2.2ClH/c19-18(20,21)17(23-11-9-22-10-12-23)16-8-4-7-15(13-16)14-5-2-1-3-6-14;;/h1-8,13,17,22H,9-12H2;2*1H/t17-;;/m0../s1. The minimum atomic E-state index is -4.29. The molecule has 7 heteroatoms. The van der Waals surface area contributed by atoms with E-state index in [2.05, 4.69) is 5.32 Å². The van der Waals surface area contributed by atoms with Gasteiger partial charge in [0.1, 0.15) is 6.04 Å². The van der Waals surface area contributed by atoms with Gasteiger partial charge in [-0.3, -0.25) is 4.90 Å². The molecule has 2 nitrogen and oxygen atoms in total. The Kier molecular flexibility index (Phi) is 8.22. The highest BCUT2D eigenvalue weighted by Gasteiger charge is 2.44. The highest BCUT2D eigenvalue weighted by molar-refractivity contribution is 5.85. The third kappa shape index (κ3) is 5.35. The van der Waals surface area contributed by atoms with E-state index in [-0.39, 0.29) is 24.8 Å². The second kappa shape index (κ2) is 9.43. The van der Waals surface area contributed by atoms with E-state index in [9.17, 15) is 13.2 Å². The lowest BCUT2D eigenvalue weighted by Crippen LogP contribution is -2.49. The molecule has 1 N–H and O–H groups in total. The van der Waals surface area contributed by atoms with Gasteiger partial charge in [0.2, 0.25) is 0 Å². The van der Waals surface area contributed by atoms with E-state index in [1.807, 2.05) is 36.4 Å². The highest BCUT2D eigenvalue weighted by Crippen LogP contribution is 2.38. The van der Waals surface area contributed by atoms with Crippen LogP contribution in [0.1, 0.15) is 11.6 Å². The molecule has 138 valence electrons. The maximum Gasteiger partial charge on any atom is 0.408 e. The third-order valence-corrected chi connectivity index (χ3v) is 4.14. The summed E-state index contributed by atoms with van der Waals surface area (Å²) in [6.07, 6.45) is -4.29. The Labute approximate surface area is 158 Å². The molecule has 0 radical (unpaired) electrons. The van der Waals surface area contributed by atoms with Crippen LogP contribution in [0.4, 0.5) is 13.2 Å². The Balaban J connectivity index is 0.00000156. The van der Waals surface area contributed by atoms with Gasteiger partial charge >= 0.3 is 6.18 Å². The topological polar surface area (TPSA) is 15.3 Å². The van der Waals surface area contributed by atoms with E-state index < -0.39 is 12.2 Å². The molecule has 1 aliphatic rings. The fourth-order valence-electron chi connectivity index (χ4n) is 3.07. The van der Waals surface area contributed by atoms with Crippen LogP contribution in [0.15, 0.2) is 54.6 Å². The number of alkyl halides is 3. The summed E-state index contributed by atoms with van der Waals surface area (Å²) in [4.78, 5) is 1.51. The van der Waals surface area contributed by atoms with Crippen molar-refractivity contribution < 1.29 is 13.2 Å². The average molecular weight is 393 g/mol. The lowest BCUT2D eigenvalue weighted by atomic mass is 9.98. The molecular weight excluding hydrogens is 372 g/mol. The Morgan fingerprint density at radius 1 is 0.840 bits per heavy atom. The molecule has 25 heavy (non-hydrogen) atoms. The van der Waals surface area contributed by atoms with Gasteiger partial charge in [0.15, 0.2) is 0 Å². The normalized spacial score (nSPS) is 16.4. The van der Waals surface area contributed by atoms with Gasteiger partial charge in [0, 0.05) is 26.2 Å². The zero-order valence-electron chi connectivity index (χ0n) is 13.5. The molecule has 1 heterocycles. The third-order valence-electron chi connectivity index (χ3n) is 4.14. The molecule has 0 amide bonds. The van der Waals surface area contributed by atoms with Crippen molar-refractivity contribution in [3.8, 4) is 11.1 Å². The predicted molar refractivity (Wildman–Crippen MR) is 99.6 cm³/mol. The minimum absolute atomic E-state index is 0. The first kappa shape index (κ1) is 21.8. The van der Waals surface area contributed by atoms with Crippen molar-refractivity contribution in [3.63, 3.8) is 0 Å². The lowest BCUT2D eigenvalue weighted by molar-refractivity contribution is -0.187. The van der Waals surface area contributed by atoms with Gasteiger partial charge in [-0.25, -0.2) is 0 Å². The van der Waals surface area contributed by atoms with Crippen molar-refractivity contribution in [3.05, 3.63) is 60.2 Å². The molecule has 1 fully saturated rings. The van der Waals surface area contributed by atoms with E-state index in [0.29, 0.717) is 31.7 Å². The zero-order chi connectivity index (χ0) is 16.3. The summed E-state index contributed by atoms with van der Waals surface area (Å²) < 4.78 is 41.0. The zero-order valence-corrected chi connectivity index (χ0v) is 15.1. The van der Waals surface area contributed by atoms with Gasteiger partial charge in [-0.15, -0.1) is 24.8 Å². The minimum Gasteiger partial charge on any atom is -0.314 e. The van der Waals surface area contributed by atoms with Crippen molar-refractivity contribution >= 4 is 24.8 Å². The summed E-state index contributed by atoms with van der Waals surface area (Å²) in [5, 5.41) is 3.10. The number of hydrogen-bond donors (Lipinski definition) is 1. The van der Waals surface area contributed by atoms with Crippen molar-refractivity contribution in [2.75, 3.05) is 26.2 Å². The maximum atomic E-state index is 13.7. The number of nitrogens with zero attached hydrogens (tertiary/aromatic N) is 1. The number of rotatable bonds is 3. The van der Waals surface area contributed by atoms with Crippen LogP contribution in [0, 0.1) is 0 Å². The predicted octanol–water partition coefficient (Wildman–Crippen LogP) is 4.71. The molecule has 0 aliphatic carbocycles. The average Bonchev–Trinajstić information content (AvgIpc) is 2.56. The molecule has 3 rings (SSSR count). The van der Waals surface area contributed by atoms with Crippen LogP contribution in [0.25, 0.3) is 11.1 Å². The largest absolute Gasteiger partial charge is 0.408 e. The van der Waals surface area contributed by atoms with E-state index in [0.717, 1.165) is 11.1 Å². The number of piperazine rings is 1. The Hall–Kier alpha value is -1.27. The monoisotopic (exact) mass is 392 g/mol. The van der Waals surface area contributed by atoms with Crippen LogP contribution in [-0.2, 0) is 0 Å². The second-order valence-corrected chi connectivity index (χ2v) is 5.72. The summed E-state index contributed by atoms with van der Waals surface area (Å²) in [6.45, 7) is 1.98. The molecule has 2 aromatic carbocycles. The fourth-order valence-corrected chi connectivity index (χ4v) is 3.07. The van der Waals surface area contributed by atoms with E-state index in [4.69, 9.17) is 0 Å². The summed E-state index contributed by atoms with van der Waals surface area (Å²) in [6, 6.07) is 14.7. The number of nitrogens with one attached hydrogen (secondary N) is 1. The molecule has 0 saturated carbocycles. The summed E-state index contributed by atoms with van der Waals surface area (Å²) >= 11 is 0. The fraction of sp³-hybridized carbons (Fsp3) is 0.333. The highest BCUT2D eigenvalue weighted by atomic mass is 35.5. The number of halogens is 5. The van der Waals surface area contributed by atoms with Crippen LogP contribution in [0.3, 0.4) is 0 Å². The molecular formula is C18H21Cl2F3N2. The summed E-state index contributed by atoms with van der Waals surface area (Å²) in [7, 11) is 0. The van der Waals surface area contributed by atoms with Crippen LogP contribution in [-0.4, -0.2) is 37.3 Å². The molecule has 1 saturated heterocycles. The maximum absolute atomic E-state index is 13.7. The Morgan fingerprint density at radius 3 is 2.04 bits per heavy atom. The van der Waals surface area contributed by atoms with Crippen LogP contribution in [0.5, 0.6) is 0 Å². The van der Waals surface area contributed by atoms with Crippen molar-refractivity contribution in [1.29, 1.82) is 0 Å². The van der Waals surface area contributed by atoms with Gasteiger partial charge in [0.05, 0.1) is 0 Å². The molecule has 1 aliphatic heterocycles.